The first kappa shape index (κ1) is 25.6. The third-order valence-corrected chi connectivity index (χ3v) is 6.24. The molecule has 0 aliphatic heterocycles. The summed E-state index contributed by atoms with van der Waals surface area (Å²) in [4.78, 5) is 37.8. The van der Waals surface area contributed by atoms with Crippen molar-refractivity contribution in [2.24, 2.45) is 0 Å². The van der Waals surface area contributed by atoms with Crippen molar-refractivity contribution in [3.05, 3.63) is 95.6 Å². The van der Waals surface area contributed by atoms with Crippen LogP contribution in [0.1, 0.15) is 26.3 Å². The van der Waals surface area contributed by atoms with Gasteiger partial charge in [-0.25, -0.2) is 17.9 Å². The van der Waals surface area contributed by atoms with E-state index < -0.39 is 28.5 Å². The standard InChI is InChI=1S/C25H25N3O6S/c1-28(2)24(30)19-11-13-21(14-12-19)27-23(29)17-34-25(31)20-9-6-10-22(15-20)35(32,33)26-16-18-7-4-3-5-8-18/h3-15,26H,16-17H2,1-2H3,(H,27,29). The number of hydrogen-bond donors (Lipinski definition) is 2. The molecule has 0 aliphatic carbocycles. The zero-order chi connectivity index (χ0) is 25.4. The average molecular weight is 496 g/mol. The fourth-order valence-electron chi connectivity index (χ4n) is 3.01. The molecule has 0 spiro atoms. The molecule has 0 aromatic heterocycles. The van der Waals surface area contributed by atoms with Crippen LogP contribution in [0.5, 0.6) is 0 Å². The molecule has 3 rings (SSSR count). The Morgan fingerprint density at radius 1 is 0.857 bits per heavy atom. The minimum atomic E-state index is -3.87. The Hall–Kier alpha value is -4.02. The summed E-state index contributed by atoms with van der Waals surface area (Å²) in [6, 6.07) is 20.7. The van der Waals surface area contributed by atoms with E-state index in [1.165, 1.54) is 29.2 Å². The van der Waals surface area contributed by atoms with Crippen molar-refractivity contribution >= 4 is 33.5 Å². The summed E-state index contributed by atoms with van der Waals surface area (Å²) in [6.45, 7) is -0.469. The van der Waals surface area contributed by atoms with Gasteiger partial charge in [-0.05, 0) is 48.0 Å². The van der Waals surface area contributed by atoms with Crippen LogP contribution in [0.2, 0.25) is 0 Å². The highest BCUT2D eigenvalue weighted by molar-refractivity contribution is 7.89. The normalized spacial score (nSPS) is 10.9. The molecule has 3 aromatic rings. The van der Waals surface area contributed by atoms with Gasteiger partial charge in [-0.15, -0.1) is 0 Å². The Bertz CT molecular complexity index is 1310. The van der Waals surface area contributed by atoms with Gasteiger partial charge >= 0.3 is 5.97 Å². The summed E-state index contributed by atoms with van der Waals surface area (Å²) >= 11 is 0. The predicted octanol–water partition coefficient (Wildman–Crippen LogP) is 2.66. The highest BCUT2D eigenvalue weighted by Crippen LogP contribution is 2.14. The molecule has 35 heavy (non-hydrogen) atoms. The largest absolute Gasteiger partial charge is 0.452 e. The second kappa shape index (κ2) is 11.4. The molecule has 0 bridgehead atoms. The zero-order valence-electron chi connectivity index (χ0n) is 19.2. The van der Waals surface area contributed by atoms with Crippen molar-refractivity contribution in [3.63, 3.8) is 0 Å². The lowest BCUT2D eigenvalue weighted by atomic mass is 10.2. The van der Waals surface area contributed by atoms with E-state index in [1.807, 2.05) is 6.07 Å². The molecule has 2 N–H and O–H groups in total. The van der Waals surface area contributed by atoms with Crippen molar-refractivity contribution in [3.8, 4) is 0 Å². The van der Waals surface area contributed by atoms with Gasteiger partial charge in [-0.2, -0.15) is 0 Å². The Morgan fingerprint density at radius 2 is 1.54 bits per heavy atom. The van der Waals surface area contributed by atoms with Crippen LogP contribution in [0, 0.1) is 0 Å². The summed E-state index contributed by atoms with van der Waals surface area (Å²) in [6.07, 6.45) is 0. The minimum absolute atomic E-state index is 0.00747. The van der Waals surface area contributed by atoms with Crippen LogP contribution in [0.15, 0.2) is 83.8 Å². The van der Waals surface area contributed by atoms with Gasteiger partial charge in [0.05, 0.1) is 10.5 Å². The van der Waals surface area contributed by atoms with Gasteiger partial charge in [-0.1, -0.05) is 36.4 Å². The van der Waals surface area contributed by atoms with Crippen molar-refractivity contribution in [1.82, 2.24) is 9.62 Å². The van der Waals surface area contributed by atoms with E-state index in [9.17, 15) is 22.8 Å². The molecule has 0 heterocycles. The molecular weight excluding hydrogens is 470 g/mol. The van der Waals surface area contributed by atoms with Crippen LogP contribution in [-0.4, -0.2) is 51.8 Å². The number of esters is 1. The summed E-state index contributed by atoms with van der Waals surface area (Å²) in [5, 5.41) is 2.57. The highest BCUT2D eigenvalue weighted by Gasteiger charge is 2.18. The van der Waals surface area contributed by atoms with E-state index in [0.717, 1.165) is 5.56 Å². The predicted molar refractivity (Wildman–Crippen MR) is 130 cm³/mol. The smallest absolute Gasteiger partial charge is 0.338 e. The lowest BCUT2D eigenvalue weighted by molar-refractivity contribution is -0.119. The maximum atomic E-state index is 12.6. The lowest BCUT2D eigenvalue weighted by Gasteiger charge is -2.11. The van der Waals surface area contributed by atoms with Crippen LogP contribution in [0.3, 0.4) is 0 Å². The number of carbonyl (C=O) groups is 3. The molecule has 3 aromatic carbocycles. The Kier molecular flexibility index (Phi) is 8.34. The molecule has 0 radical (unpaired) electrons. The first-order valence-electron chi connectivity index (χ1n) is 10.6. The molecular formula is C25H25N3O6S. The number of sulfonamides is 1. The molecule has 0 saturated heterocycles. The van der Waals surface area contributed by atoms with Crippen LogP contribution in [-0.2, 0) is 26.1 Å². The van der Waals surface area contributed by atoms with Crippen LogP contribution >= 0.6 is 0 Å². The quantitative estimate of drug-likeness (QED) is 0.440. The SMILES string of the molecule is CN(C)C(=O)c1ccc(NC(=O)COC(=O)c2cccc(S(=O)(=O)NCc3ccccc3)c2)cc1. The second-order valence-electron chi connectivity index (χ2n) is 7.74. The number of rotatable bonds is 9. The monoisotopic (exact) mass is 495 g/mol. The van der Waals surface area contributed by atoms with Crippen LogP contribution in [0.25, 0.3) is 0 Å². The third-order valence-electron chi connectivity index (χ3n) is 4.85. The van der Waals surface area contributed by atoms with E-state index in [1.54, 1.807) is 62.6 Å². The number of carbonyl (C=O) groups excluding carboxylic acids is 3. The third kappa shape index (κ3) is 7.23. The zero-order valence-corrected chi connectivity index (χ0v) is 20.0. The van der Waals surface area contributed by atoms with Gasteiger partial charge in [0.1, 0.15) is 0 Å². The van der Waals surface area contributed by atoms with E-state index in [4.69, 9.17) is 4.74 Å². The van der Waals surface area contributed by atoms with Crippen molar-refractivity contribution < 1.29 is 27.5 Å². The number of ether oxygens (including phenoxy) is 1. The molecule has 182 valence electrons. The first-order chi connectivity index (χ1) is 16.7. The molecule has 2 amide bonds. The van der Waals surface area contributed by atoms with E-state index >= 15 is 0 Å². The van der Waals surface area contributed by atoms with Crippen LogP contribution < -0.4 is 10.0 Å². The fourth-order valence-corrected chi connectivity index (χ4v) is 4.08. The molecule has 0 unspecified atom stereocenters. The second-order valence-corrected chi connectivity index (χ2v) is 9.51. The maximum Gasteiger partial charge on any atom is 0.338 e. The molecule has 10 heteroatoms. The number of amides is 2. The summed E-state index contributed by atoms with van der Waals surface area (Å²) < 4.78 is 32.7. The summed E-state index contributed by atoms with van der Waals surface area (Å²) in [5.74, 6) is -1.60. The van der Waals surface area contributed by atoms with Crippen molar-refractivity contribution in [2.75, 3.05) is 26.0 Å². The minimum Gasteiger partial charge on any atom is -0.452 e. The molecule has 9 nitrogen and oxygen atoms in total. The highest BCUT2D eigenvalue weighted by atomic mass is 32.2. The van der Waals surface area contributed by atoms with Crippen molar-refractivity contribution in [2.45, 2.75) is 11.4 Å². The number of benzene rings is 3. The van der Waals surface area contributed by atoms with Crippen molar-refractivity contribution in [1.29, 1.82) is 0 Å². The van der Waals surface area contributed by atoms with Gasteiger partial charge in [0.15, 0.2) is 6.61 Å². The Balaban J connectivity index is 1.56. The number of anilines is 1. The van der Waals surface area contributed by atoms with Gasteiger partial charge in [0, 0.05) is 31.9 Å². The Labute approximate surface area is 203 Å². The number of nitrogens with one attached hydrogen (secondary N) is 2. The van der Waals surface area contributed by atoms with Gasteiger partial charge in [-0.3, -0.25) is 9.59 Å². The van der Waals surface area contributed by atoms with Gasteiger partial charge in [0.25, 0.3) is 11.8 Å². The lowest BCUT2D eigenvalue weighted by Crippen LogP contribution is -2.24. The average Bonchev–Trinajstić information content (AvgIpc) is 2.87. The summed E-state index contributed by atoms with van der Waals surface area (Å²) in [5.41, 5.74) is 1.68. The topological polar surface area (TPSA) is 122 Å². The molecule has 0 atom stereocenters. The van der Waals surface area contributed by atoms with Gasteiger partial charge in [0.2, 0.25) is 10.0 Å². The van der Waals surface area contributed by atoms with E-state index in [2.05, 4.69) is 10.0 Å². The molecule has 0 saturated carbocycles. The van der Waals surface area contributed by atoms with E-state index in [0.29, 0.717) is 11.3 Å². The maximum absolute atomic E-state index is 12.6. The summed E-state index contributed by atoms with van der Waals surface area (Å²) in [7, 11) is -0.590. The van der Waals surface area contributed by atoms with E-state index in [-0.39, 0.29) is 22.9 Å². The number of hydrogen-bond acceptors (Lipinski definition) is 6. The van der Waals surface area contributed by atoms with Gasteiger partial charge < -0.3 is 15.0 Å². The molecule has 0 fully saturated rings. The first-order valence-corrected chi connectivity index (χ1v) is 12.1. The Morgan fingerprint density at radius 3 is 2.20 bits per heavy atom. The molecule has 0 aliphatic rings. The number of nitrogens with zero attached hydrogens (tertiary/aromatic N) is 1. The fraction of sp³-hybridized carbons (Fsp3) is 0.160. The van der Waals surface area contributed by atoms with Crippen LogP contribution in [0.4, 0.5) is 5.69 Å².